The van der Waals surface area contributed by atoms with Gasteiger partial charge < -0.3 is 9.42 Å². The minimum absolute atomic E-state index is 0.212. The first-order valence-electron chi connectivity index (χ1n) is 8.81. The van der Waals surface area contributed by atoms with Crippen LogP contribution >= 0.6 is 0 Å². The molecule has 0 bridgehead atoms. The molecule has 0 radical (unpaired) electrons. The van der Waals surface area contributed by atoms with E-state index < -0.39 is 0 Å². The molecule has 3 rings (SSSR count). The Morgan fingerprint density at radius 3 is 2.82 bits per heavy atom. The summed E-state index contributed by atoms with van der Waals surface area (Å²) in [6.07, 6.45) is 7.62. The average molecular weight is 305 g/mol. The van der Waals surface area contributed by atoms with Crippen molar-refractivity contribution in [3.8, 4) is 0 Å². The zero-order valence-corrected chi connectivity index (χ0v) is 13.8. The lowest BCUT2D eigenvalue weighted by Crippen LogP contribution is -2.41. The van der Waals surface area contributed by atoms with Gasteiger partial charge in [-0.1, -0.05) is 31.8 Å². The summed E-state index contributed by atoms with van der Waals surface area (Å²) in [5.74, 6) is 2.68. The van der Waals surface area contributed by atoms with Crippen LogP contribution in [0.1, 0.15) is 82.3 Å². The molecule has 1 saturated heterocycles. The quantitative estimate of drug-likeness (QED) is 0.854. The number of rotatable bonds is 4. The molecule has 2 heterocycles. The molecule has 1 aliphatic heterocycles. The maximum atomic E-state index is 12.6. The lowest BCUT2D eigenvalue weighted by Gasteiger charge is -2.32. The minimum atomic E-state index is 0.212. The fourth-order valence-electron chi connectivity index (χ4n) is 3.61. The number of hydrogen-bond donors (Lipinski definition) is 0. The Morgan fingerprint density at radius 2 is 2.09 bits per heavy atom. The molecule has 2 atom stereocenters. The number of amides is 1. The summed E-state index contributed by atoms with van der Waals surface area (Å²) in [7, 11) is 0. The predicted molar refractivity (Wildman–Crippen MR) is 83.5 cm³/mol. The summed E-state index contributed by atoms with van der Waals surface area (Å²) in [5.41, 5.74) is 0. The highest BCUT2D eigenvalue weighted by Gasteiger charge is 2.33. The van der Waals surface area contributed by atoms with Crippen LogP contribution in [0.2, 0.25) is 0 Å². The molecule has 1 aromatic heterocycles. The van der Waals surface area contributed by atoms with Crippen LogP contribution in [0.4, 0.5) is 0 Å². The van der Waals surface area contributed by atoms with Gasteiger partial charge in [-0.2, -0.15) is 4.98 Å². The molecule has 2 fully saturated rings. The van der Waals surface area contributed by atoms with Gasteiger partial charge >= 0.3 is 0 Å². The Kier molecular flexibility index (Phi) is 4.79. The first-order chi connectivity index (χ1) is 10.7. The average Bonchev–Trinajstić information content (AvgIpc) is 3.25. The van der Waals surface area contributed by atoms with Gasteiger partial charge in [0.1, 0.15) is 0 Å². The topological polar surface area (TPSA) is 59.2 Å². The number of carbonyl (C=O) groups is 1. The molecule has 0 unspecified atom stereocenters. The Labute approximate surface area is 132 Å². The van der Waals surface area contributed by atoms with E-state index in [0.717, 1.165) is 56.9 Å². The third-order valence-electron chi connectivity index (χ3n) is 5.30. The van der Waals surface area contributed by atoms with Crippen molar-refractivity contribution in [1.29, 1.82) is 0 Å². The number of likely N-dealkylation sites (tertiary alicyclic amines) is 1. The highest BCUT2D eigenvalue weighted by atomic mass is 16.5. The standard InChI is InChI=1S/C17H27N3O2/c1-3-12(2)15-18-16(22-19-15)14-9-6-10-20(11-14)17(21)13-7-4-5-8-13/h12-14H,3-11H2,1-2H3/t12-,14+/m0/s1. The molecule has 0 N–H and O–H groups in total. The monoisotopic (exact) mass is 305 g/mol. The van der Waals surface area contributed by atoms with Gasteiger partial charge in [0, 0.05) is 24.9 Å². The first-order valence-corrected chi connectivity index (χ1v) is 8.81. The summed E-state index contributed by atoms with van der Waals surface area (Å²) in [4.78, 5) is 19.2. The fraction of sp³-hybridized carbons (Fsp3) is 0.824. The first kappa shape index (κ1) is 15.5. The molecule has 5 nitrogen and oxygen atoms in total. The van der Waals surface area contributed by atoms with Crippen molar-refractivity contribution in [3.05, 3.63) is 11.7 Å². The van der Waals surface area contributed by atoms with Gasteiger partial charge in [-0.3, -0.25) is 4.79 Å². The van der Waals surface area contributed by atoms with Gasteiger partial charge in [0.05, 0.1) is 5.92 Å². The Morgan fingerprint density at radius 1 is 1.32 bits per heavy atom. The van der Waals surface area contributed by atoms with Crippen molar-refractivity contribution in [3.63, 3.8) is 0 Å². The normalized spacial score (nSPS) is 24.6. The van der Waals surface area contributed by atoms with Crippen LogP contribution in [0.3, 0.4) is 0 Å². The Hall–Kier alpha value is -1.39. The van der Waals surface area contributed by atoms with Gasteiger partial charge in [0.25, 0.3) is 0 Å². The number of nitrogens with zero attached hydrogens (tertiary/aromatic N) is 3. The Bertz CT molecular complexity index is 508. The highest BCUT2D eigenvalue weighted by Crippen LogP contribution is 2.31. The second kappa shape index (κ2) is 6.80. The van der Waals surface area contributed by atoms with Crippen LogP contribution in [0.25, 0.3) is 0 Å². The number of aromatic nitrogens is 2. The van der Waals surface area contributed by atoms with Gasteiger partial charge in [-0.25, -0.2) is 0 Å². The molecule has 1 amide bonds. The van der Waals surface area contributed by atoms with Crippen LogP contribution in [0.15, 0.2) is 4.52 Å². The van der Waals surface area contributed by atoms with Crippen LogP contribution in [-0.4, -0.2) is 34.0 Å². The predicted octanol–water partition coefficient (Wildman–Crippen LogP) is 3.48. The molecule has 1 aliphatic carbocycles. The molecule has 0 aromatic carbocycles. The van der Waals surface area contributed by atoms with Gasteiger partial charge in [-0.05, 0) is 32.1 Å². The fourth-order valence-corrected chi connectivity index (χ4v) is 3.61. The summed E-state index contributed by atoms with van der Waals surface area (Å²) >= 11 is 0. The van der Waals surface area contributed by atoms with E-state index in [9.17, 15) is 4.79 Å². The summed E-state index contributed by atoms with van der Waals surface area (Å²) in [6.45, 7) is 5.88. The lowest BCUT2D eigenvalue weighted by molar-refractivity contribution is -0.136. The summed E-state index contributed by atoms with van der Waals surface area (Å²) in [6, 6.07) is 0. The summed E-state index contributed by atoms with van der Waals surface area (Å²) < 4.78 is 5.48. The second-order valence-electron chi connectivity index (χ2n) is 6.90. The Balaban J connectivity index is 1.65. The van der Waals surface area contributed by atoms with Crippen molar-refractivity contribution < 1.29 is 9.32 Å². The highest BCUT2D eigenvalue weighted by molar-refractivity contribution is 5.79. The third-order valence-corrected chi connectivity index (χ3v) is 5.30. The van der Waals surface area contributed by atoms with Crippen molar-refractivity contribution in [1.82, 2.24) is 15.0 Å². The second-order valence-corrected chi connectivity index (χ2v) is 6.90. The molecule has 22 heavy (non-hydrogen) atoms. The summed E-state index contributed by atoms with van der Waals surface area (Å²) in [5, 5.41) is 4.12. The van der Waals surface area contributed by atoms with E-state index in [1.807, 2.05) is 4.90 Å². The number of hydrogen-bond acceptors (Lipinski definition) is 4. The van der Waals surface area contributed by atoms with Gasteiger partial charge in [0.15, 0.2) is 5.82 Å². The minimum Gasteiger partial charge on any atom is -0.342 e. The van der Waals surface area contributed by atoms with Crippen molar-refractivity contribution in [2.24, 2.45) is 5.92 Å². The van der Waals surface area contributed by atoms with E-state index in [1.54, 1.807) is 0 Å². The molecule has 5 heteroatoms. The maximum absolute atomic E-state index is 12.6. The van der Waals surface area contributed by atoms with E-state index in [2.05, 4.69) is 24.0 Å². The zero-order valence-electron chi connectivity index (χ0n) is 13.8. The van der Waals surface area contributed by atoms with E-state index in [-0.39, 0.29) is 11.8 Å². The van der Waals surface area contributed by atoms with Crippen LogP contribution < -0.4 is 0 Å². The zero-order chi connectivity index (χ0) is 15.5. The van der Waals surface area contributed by atoms with Crippen molar-refractivity contribution in [2.75, 3.05) is 13.1 Å². The molecule has 0 spiro atoms. The molecule has 2 aliphatic rings. The van der Waals surface area contributed by atoms with E-state index in [1.165, 1.54) is 12.8 Å². The molecular formula is C17H27N3O2. The molecule has 1 saturated carbocycles. The van der Waals surface area contributed by atoms with E-state index in [4.69, 9.17) is 4.52 Å². The van der Waals surface area contributed by atoms with Crippen LogP contribution in [0.5, 0.6) is 0 Å². The van der Waals surface area contributed by atoms with Crippen LogP contribution in [0, 0.1) is 5.92 Å². The smallest absolute Gasteiger partial charge is 0.231 e. The molecular weight excluding hydrogens is 278 g/mol. The van der Waals surface area contributed by atoms with Gasteiger partial charge in [0.2, 0.25) is 11.8 Å². The van der Waals surface area contributed by atoms with E-state index >= 15 is 0 Å². The maximum Gasteiger partial charge on any atom is 0.231 e. The van der Waals surface area contributed by atoms with Crippen LogP contribution in [-0.2, 0) is 4.79 Å². The van der Waals surface area contributed by atoms with Crippen molar-refractivity contribution in [2.45, 2.75) is 70.6 Å². The molecule has 122 valence electrons. The number of carbonyl (C=O) groups excluding carboxylic acids is 1. The van der Waals surface area contributed by atoms with E-state index in [0.29, 0.717) is 11.8 Å². The third kappa shape index (κ3) is 3.18. The van der Waals surface area contributed by atoms with Crippen molar-refractivity contribution >= 4 is 5.91 Å². The molecule has 1 aromatic rings. The largest absolute Gasteiger partial charge is 0.342 e. The number of piperidine rings is 1. The van der Waals surface area contributed by atoms with Gasteiger partial charge in [-0.15, -0.1) is 0 Å². The lowest BCUT2D eigenvalue weighted by atomic mass is 9.96. The SMILES string of the molecule is CC[C@H](C)c1noc([C@@H]2CCCN(C(=O)C3CCCC3)C2)n1.